The number of rotatable bonds is 23. The van der Waals surface area contributed by atoms with Crippen molar-refractivity contribution in [1.29, 1.82) is 0 Å². The molecule has 0 radical (unpaired) electrons. The molecule has 0 aliphatic carbocycles. The maximum absolute atomic E-state index is 9.67. The van der Waals surface area contributed by atoms with E-state index in [0.717, 1.165) is 12.8 Å². The zero-order valence-corrected chi connectivity index (χ0v) is 20.7. The van der Waals surface area contributed by atoms with Crippen molar-refractivity contribution in [2.75, 3.05) is 0 Å². The largest absolute Gasteiger partial charge is 0.512 e. The second kappa shape index (κ2) is 23.8. The van der Waals surface area contributed by atoms with Gasteiger partial charge < -0.3 is 5.11 Å². The first kappa shape index (κ1) is 28.5. The Bertz CT molecular complexity index is 344. The Kier molecular flexibility index (Phi) is 23.4. The lowest BCUT2D eigenvalue weighted by Crippen LogP contribution is -1.88. The molecule has 0 unspecified atom stereocenters. The normalized spacial score (nSPS) is 12.4. The minimum absolute atomic E-state index is 0.609. The van der Waals surface area contributed by atoms with Crippen molar-refractivity contribution in [3.8, 4) is 0 Å². The second-order valence-electron chi connectivity index (χ2n) is 9.40. The molecule has 0 atom stereocenters. The van der Waals surface area contributed by atoms with Crippen molar-refractivity contribution in [2.24, 2.45) is 0 Å². The summed E-state index contributed by atoms with van der Waals surface area (Å²) in [6, 6.07) is 0. The molecule has 0 aliphatic rings. The first-order valence-corrected chi connectivity index (χ1v) is 13.6. The SMILES string of the molecule is CCCCCCCCCCCCCCCCCCCCCCC/C(C)=C(\O)CC. The monoisotopic (exact) mass is 408 g/mol. The van der Waals surface area contributed by atoms with Crippen molar-refractivity contribution in [2.45, 2.75) is 168 Å². The Morgan fingerprint density at radius 1 is 0.448 bits per heavy atom. The summed E-state index contributed by atoms with van der Waals surface area (Å²) in [5.41, 5.74) is 1.20. The molecule has 1 heteroatoms. The Labute approximate surface area is 185 Å². The summed E-state index contributed by atoms with van der Waals surface area (Å²) in [7, 11) is 0. The van der Waals surface area contributed by atoms with Crippen molar-refractivity contribution < 1.29 is 5.11 Å². The Balaban J connectivity index is 3.10. The van der Waals surface area contributed by atoms with Crippen LogP contribution in [0, 0.1) is 0 Å². The Morgan fingerprint density at radius 3 is 1.00 bits per heavy atom. The van der Waals surface area contributed by atoms with Gasteiger partial charge in [0, 0.05) is 6.42 Å². The van der Waals surface area contributed by atoms with Crippen molar-refractivity contribution >= 4 is 0 Å². The average Bonchev–Trinajstić information content (AvgIpc) is 2.74. The highest BCUT2D eigenvalue weighted by atomic mass is 16.3. The molecule has 0 spiro atoms. The quantitative estimate of drug-likeness (QED) is 0.132. The highest BCUT2D eigenvalue weighted by Gasteiger charge is 1.99. The molecule has 0 aliphatic heterocycles. The summed E-state index contributed by atoms with van der Waals surface area (Å²) < 4.78 is 0. The van der Waals surface area contributed by atoms with Crippen molar-refractivity contribution in [3.63, 3.8) is 0 Å². The molecule has 0 amide bonds. The van der Waals surface area contributed by atoms with Crippen LogP contribution in [-0.4, -0.2) is 5.11 Å². The molecule has 1 nitrogen and oxygen atoms in total. The van der Waals surface area contributed by atoms with E-state index in [2.05, 4.69) is 13.8 Å². The topological polar surface area (TPSA) is 20.2 Å². The van der Waals surface area contributed by atoms with E-state index < -0.39 is 0 Å². The van der Waals surface area contributed by atoms with E-state index in [9.17, 15) is 5.11 Å². The van der Waals surface area contributed by atoms with Gasteiger partial charge in [0.15, 0.2) is 0 Å². The predicted octanol–water partition coefficient (Wildman–Crippen LogP) is 10.8. The third kappa shape index (κ3) is 22.1. The molecule has 0 heterocycles. The van der Waals surface area contributed by atoms with Crippen LogP contribution in [0.15, 0.2) is 11.3 Å². The van der Waals surface area contributed by atoms with Crippen LogP contribution >= 0.6 is 0 Å². The molecule has 0 rings (SSSR count). The number of aliphatic hydroxyl groups is 1. The van der Waals surface area contributed by atoms with Crippen LogP contribution < -0.4 is 0 Å². The number of hydrogen-bond acceptors (Lipinski definition) is 1. The third-order valence-electron chi connectivity index (χ3n) is 6.48. The highest BCUT2D eigenvalue weighted by Crippen LogP contribution is 2.17. The Hall–Kier alpha value is -0.460. The smallest absolute Gasteiger partial charge is 0.0909 e. The van der Waals surface area contributed by atoms with Gasteiger partial charge in [0.1, 0.15) is 0 Å². The number of unbranched alkanes of at least 4 members (excludes halogenated alkanes) is 20. The summed E-state index contributed by atoms with van der Waals surface area (Å²) >= 11 is 0. The number of aliphatic hydroxyl groups excluding tert-OH is 1. The van der Waals surface area contributed by atoms with Gasteiger partial charge in [-0.1, -0.05) is 142 Å². The molecule has 0 aromatic rings. The summed E-state index contributed by atoms with van der Waals surface area (Å²) in [5, 5.41) is 9.67. The van der Waals surface area contributed by atoms with Crippen LogP contribution in [0.2, 0.25) is 0 Å². The van der Waals surface area contributed by atoms with E-state index in [1.54, 1.807) is 0 Å². The van der Waals surface area contributed by atoms with E-state index in [-0.39, 0.29) is 0 Å². The minimum atomic E-state index is 0.609. The van der Waals surface area contributed by atoms with E-state index >= 15 is 0 Å². The summed E-state index contributed by atoms with van der Waals surface area (Å²) in [4.78, 5) is 0. The average molecular weight is 409 g/mol. The lowest BCUT2D eigenvalue weighted by Gasteiger charge is -2.05. The highest BCUT2D eigenvalue weighted by molar-refractivity contribution is 5.03. The van der Waals surface area contributed by atoms with E-state index in [1.165, 1.54) is 140 Å². The molecule has 0 saturated carbocycles. The first-order valence-electron chi connectivity index (χ1n) is 13.6. The maximum Gasteiger partial charge on any atom is 0.0909 e. The zero-order chi connectivity index (χ0) is 21.4. The van der Waals surface area contributed by atoms with E-state index in [1.807, 2.05) is 6.92 Å². The van der Waals surface area contributed by atoms with E-state index in [0.29, 0.717) is 5.76 Å². The fourth-order valence-corrected chi connectivity index (χ4v) is 4.27. The van der Waals surface area contributed by atoms with Crippen LogP contribution in [0.25, 0.3) is 0 Å². The van der Waals surface area contributed by atoms with Crippen LogP contribution in [0.4, 0.5) is 0 Å². The number of allylic oxidation sites excluding steroid dienone is 2. The fraction of sp³-hybridized carbons (Fsp3) is 0.929. The zero-order valence-electron chi connectivity index (χ0n) is 20.7. The second-order valence-corrected chi connectivity index (χ2v) is 9.40. The molecule has 0 aromatic heterocycles. The summed E-state index contributed by atoms with van der Waals surface area (Å²) in [6.07, 6.45) is 32.0. The molecule has 174 valence electrons. The number of hydrogen-bond donors (Lipinski definition) is 1. The van der Waals surface area contributed by atoms with Gasteiger partial charge in [-0.05, 0) is 25.3 Å². The van der Waals surface area contributed by atoms with Gasteiger partial charge in [-0.2, -0.15) is 0 Å². The molecule has 0 fully saturated rings. The van der Waals surface area contributed by atoms with Gasteiger partial charge in [-0.3, -0.25) is 0 Å². The summed E-state index contributed by atoms with van der Waals surface area (Å²) in [6.45, 7) is 6.40. The van der Waals surface area contributed by atoms with Crippen LogP contribution in [0.5, 0.6) is 0 Å². The maximum atomic E-state index is 9.67. The molecule has 0 aromatic carbocycles. The van der Waals surface area contributed by atoms with Crippen molar-refractivity contribution in [1.82, 2.24) is 0 Å². The Morgan fingerprint density at radius 2 is 0.724 bits per heavy atom. The lowest BCUT2D eigenvalue weighted by molar-refractivity contribution is 0.383. The fourth-order valence-electron chi connectivity index (χ4n) is 4.27. The van der Waals surface area contributed by atoms with Crippen LogP contribution in [0.3, 0.4) is 0 Å². The molecular weight excluding hydrogens is 352 g/mol. The van der Waals surface area contributed by atoms with Gasteiger partial charge in [-0.15, -0.1) is 0 Å². The molecule has 1 N–H and O–H groups in total. The van der Waals surface area contributed by atoms with Gasteiger partial charge in [0.2, 0.25) is 0 Å². The third-order valence-corrected chi connectivity index (χ3v) is 6.48. The molecule has 0 saturated heterocycles. The predicted molar refractivity (Wildman–Crippen MR) is 133 cm³/mol. The van der Waals surface area contributed by atoms with Crippen molar-refractivity contribution in [3.05, 3.63) is 11.3 Å². The summed E-state index contributed by atoms with van der Waals surface area (Å²) in [5.74, 6) is 0.609. The van der Waals surface area contributed by atoms with Crippen LogP contribution in [-0.2, 0) is 0 Å². The lowest BCUT2D eigenvalue weighted by atomic mass is 10.0. The van der Waals surface area contributed by atoms with Crippen LogP contribution in [0.1, 0.15) is 168 Å². The van der Waals surface area contributed by atoms with E-state index in [4.69, 9.17) is 0 Å². The van der Waals surface area contributed by atoms with Gasteiger partial charge in [0.05, 0.1) is 5.76 Å². The first-order chi connectivity index (χ1) is 14.2. The minimum Gasteiger partial charge on any atom is -0.512 e. The van der Waals surface area contributed by atoms with Gasteiger partial charge >= 0.3 is 0 Å². The van der Waals surface area contributed by atoms with Gasteiger partial charge in [0.25, 0.3) is 0 Å². The molecule has 0 bridgehead atoms. The standard InChI is InChI=1S/C28H56O/c1-4-6-7-8-9-10-11-12-13-14-15-16-17-18-19-20-21-22-23-24-25-26-27(3)28(29)5-2/h29H,4-26H2,1-3H3/b28-27-. The molecular formula is C28H56O. The molecule has 29 heavy (non-hydrogen) atoms. The van der Waals surface area contributed by atoms with Gasteiger partial charge in [-0.25, -0.2) is 0 Å².